The number of rotatable bonds is 3. The highest BCUT2D eigenvalue weighted by Gasteiger charge is 2.21. The molecule has 0 aliphatic carbocycles. The molecule has 0 spiro atoms. The molecule has 0 saturated heterocycles. The summed E-state index contributed by atoms with van der Waals surface area (Å²) in [6.45, 7) is 0. The van der Waals surface area contributed by atoms with Gasteiger partial charge in [-0.15, -0.1) is 0 Å². The lowest BCUT2D eigenvalue weighted by molar-refractivity contribution is -0.139. The molecule has 0 aliphatic rings. The van der Waals surface area contributed by atoms with E-state index in [0.29, 0.717) is 11.3 Å². The minimum atomic E-state index is -1.12. The van der Waals surface area contributed by atoms with Gasteiger partial charge >= 0.3 is 5.97 Å². The lowest BCUT2D eigenvalue weighted by atomic mass is 10.0. The Labute approximate surface area is 81.5 Å². The van der Waals surface area contributed by atoms with Gasteiger partial charge in [0.1, 0.15) is 6.04 Å². The first kappa shape index (κ1) is 10.5. The number of benzene rings is 1. The van der Waals surface area contributed by atoms with Gasteiger partial charge in [-0.25, -0.2) is 0 Å². The molecule has 0 amide bonds. The molecule has 7 N–H and O–H groups in total. The number of nitrogen functional groups attached to an aromatic ring is 1. The summed E-state index contributed by atoms with van der Waals surface area (Å²) in [5.41, 5.74) is 17.8. The van der Waals surface area contributed by atoms with E-state index in [0.717, 1.165) is 0 Å². The summed E-state index contributed by atoms with van der Waals surface area (Å²) in [6.07, 6.45) is 0. The minimum absolute atomic E-state index is 0.602. The van der Waals surface area contributed by atoms with E-state index in [2.05, 4.69) is 0 Å². The van der Waals surface area contributed by atoms with Crippen LogP contribution in [0.3, 0.4) is 0 Å². The van der Waals surface area contributed by atoms with Gasteiger partial charge in [0.2, 0.25) is 0 Å². The van der Waals surface area contributed by atoms with Gasteiger partial charge in [-0.1, -0.05) is 12.1 Å². The predicted octanol–water partition coefficient (Wildman–Crippen LogP) is -0.319. The van der Waals surface area contributed by atoms with Crippen molar-refractivity contribution < 1.29 is 9.90 Å². The van der Waals surface area contributed by atoms with Gasteiger partial charge in [0.15, 0.2) is 0 Å². The number of anilines is 1. The van der Waals surface area contributed by atoms with Crippen LogP contribution in [0.5, 0.6) is 0 Å². The standard InChI is InChI=1S/C9H13N3O2/c10-6-3-1-5(2-4-6)7(11)8(12)9(13)14/h1-4,7-8H,10-12H2,(H,13,14). The average Bonchev–Trinajstić information content (AvgIpc) is 2.16. The highest BCUT2D eigenvalue weighted by atomic mass is 16.4. The van der Waals surface area contributed by atoms with Crippen LogP contribution in [-0.2, 0) is 4.79 Å². The van der Waals surface area contributed by atoms with Crippen LogP contribution in [0.1, 0.15) is 11.6 Å². The van der Waals surface area contributed by atoms with Crippen LogP contribution < -0.4 is 17.2 Å². The third kappa shape index (κ3) is 2.21. The Balaban J connectivity index is 2.84. The molecule has 76 valence electrons. The molecule has 1 aromatic carbocycles. The summed E-state index contributed by atoms with van der Waals surface area (Å²) in [5, 5.41) is 8.64. The zero-order valence-electron chi connectivity index (χ0n) is 7.55. The van der Waals surface area contributed by atoms with Crippen LogP contribution >= 0.6 is 0 Å². The molecule has 1 aromatic rings. The van der Waals surface area contributed by atoms with Crippen molar-refractivity contribution in [2.24, 2.45) is 11.5 Å². The number of carboxylic acids is 1. The Morgan fingerprint density at radius 2 is 1.71 bits per heavy atom. The second-order valence-electron chi connectivity index (χ2n) is 3.06. The van der Waals surface area contributed by atoms with Crippen LogP contribution in [-0.4, -0.2) is 17.1 Å². The van der Waals surface area contributed by atoms with E-state index in [1.807, 2.05) is 0 Å². The third-order valence-corrected chi connectivity index (χ3v) is 1.99. The smallest absolute Gasteiger partial charge is 0.322 e. The summed E-state index contributed by atoms with van der Waals surface area (Å²) in [4.78, 5) is 10.6. The van der Waals surface area contributed by atoms with E-state index in [9.17, 15) is 4.79 Å². The average molecular weight is 195 g/mol. The first-order valence-electron chi connectivity index (χ1n) is 4.12. The van der Waals surface area contributed by atoms with Gasteiger partial charge in [-0.05, 0) is 17.7 Å². The number of hydrogen-bond acceptors (Lipinski definition) is 4. The maximum Gasteiger partial charge on any atom is 0.322 e. The van der Waals surface area contributed by atoms with Crippen molar-refractivity contribution in [2.75, 3.05) is 5.73 Å². The maximum atomic E-state index is 10.6. The highest BCUT2D eigenvalue weighted by Crippen LogP contribution is 2.14. The fraction of sp³-hybridized carbons (Fsp3) is 0.222. The van der Waals surface area contributed by atoms with Crippen LogP contribution in [0.25, 0.3) is 0 Å². The Morgan fingerprint density at radius 3 is 2.14 bits per heavy atom. The summed E-state index contributed by atoms with van der Waals surface area (Å²) in [5.74, 6) is -1.12. The second-order valence-corrected chi connectivity index (χ2v) is 3.06. The number of carboxylic acid groups (broad SMARTS) is 1. The second kappa shape index (κ2) is 4.08. The van der Waals surface area contributed by atoms with E-state index in [1.165, 1.54) is 0 Å². The van der Waals surface area contributed by atoms with Gasteiger partial charge in [0.25, 0.3) is 0 Å². The largest absolute Gasteiger partial charge is 0.480 e. The van der Waals surface area contributed by atoms with Crippen LogP contribution in [0.4, 0.5) is 5.69 Å². The first-order chi connectivity index (χ1) is 6.52. The monoisotopic (exact) mass is 195 g/mol. The molecule has 0 aliphatic heterocycles. The van der Waals surface area contributed by atoms with Crippen molar-refractivity contribution in [1.82, 2.24) is 0 Å². The maximum absolute atomic E-state index is 10.6. The van der Waals surface area contributed by atoms with Gasteiger partial charge in [0, 0.05) is 5.69 Å². The molecule has 14 heavy (non-hydrogen) atoms. The Morgan fingerprint density at radius 1 is 1.21 bits per heavy atom. The molecule has 0 fully saturated rings. The molecule has 1 rings (SSSR count). The summed E-state index contributed by atoms with van der Waals surface area (Å²) in [6, 6.07) is 4.84. The third-order valence-electron chi connectivity index (χ3n) is 1.99. The predicted molar refractivity (Wildman–Crippen MR) is 53.4 cm³/mol. The van der Waals surface area contributed by atoms with Gasteiger partial charge < -0.3 is 22.3 Å². The Hall–Kier alpha value is -1.59. The molecular weight excluding hydrogens is 182 g/mol. The van der Waals surface area contributed by atoms with Crippen molar-refractivity contribution in [1.29, 1.82) is 0 Å². The van der Waals surface area contributed by atoms with E-state index < -0.39 is 18.1 Å². The summed E-state index contributed by atoms with van der Waals surface area (Å²) < 4.78 is 0. The van der Waals surface area contributed by atoms with Crippen LogP contribution in [0.2, 0.25) is 0 Å². The SMILES string of the molecule is Nc1ccc(C(N)C(N)C(=O)O)cc1. The molecule has 0 radical (unpaired) electrons. The van der Waals surface area contributed by atoms with Crippen molar-refractivity contribution in [3.8, 4) is 0 Å². The van der Waals surface area contributed by atoms with E-state index in [1.54, 1.807) is 24.3 Å². The molecule has 2 atom stereocenters. The molecule has 2 unspecified atom stereocenters. The molecule has 5 nitrogen and oxygen atoms in total. The Kier molecular flexibility index (Phi) is 3.06. The van der Waals surface area contributed by atoms with E-state index in [4.69, 9.17) is 22.3 Å². The Bertz CT molecular complexity index is 323. The number of nitrogens with two attached hydrogens (primary N) is 3. The van der Waals surface area contributed by atoms with Crippen molar-refractivity contribution in [3.63, 3.8) is 0 Å². The van der Waals surface area contributed by atoms with E-state index in [-0.39, 0.29) is 0 Å². The zero-order valence-corrected chi connectivity index (χ0v) is 7.55. The lowest BCUT2D eigenvalue weighted by Crippen LogP contribution is -2.40. The van der Waals surface area contributed by atoms with Gasteiger partial charge in [0.05, 0.1) is 6.04 Å². The van der Waals surface area contributed by atoms with Gasteiger partial charge in [-0.2, -0.15) is 0 Å². The normalized spacial score (nSPS) is 14.7. The topological polar surface area (TPSA) is 115 Å². The van der Waals surface area contributed by atoms with Crippen molar-refractivity contribution in [2.45, 2.75) is 12.1 Å². The minimum Gasteiger partial charge on any atom is -0.480 e. The molecule has 5 heteroatoms. The van der Waals surface area contributed by atoms with Crippen molar-refractivity contribution in [3.05, 3.63) is 29.8 Å². The molecule has 0 bridgehead atoms. The number of aliphatic carboxylic acids is 1. The summed E-state index contributed by atoms with van der Waals surface area (Å²) in [7, 11) is 0. The van der Waals surface area contributed by atoms with Crippen molar-refractivity contribution >= 4 is 11.7 Å². The van der Waals surface area contributed by atoms with Crippen LogP contribution in [0, 0.1) is 0 Å². The fourth-order valence-corrected chi connectivity index (χ4v) is 1.08. The summed E-state index contributed by atoms with van der Waals surface area (Å²) >= 11 is 0. The lowest BCUT2D eigenvalue weighted by Gasteiger charge is -2.16. The molecule has 0 saturated carbocycles. The molecule has 0 heterocycles. The van der Waals surface area contributed by atoms with Gasteiger partial charge in [-0.3, -0.25) is 4.79 Å². The fourth-order valence-electron chi connectivity index (χ4n) is 1.08. The number of hydrogen-bond donors (Lipinski definition) is 4. The highest BCUT2D eigenvalue weighted by molar-refractivity contribution is 5.74. The number of carbonyl (C=O) groups is 1. The quantitative estimate of drug-likeness (QED) is 0.493. The van der Waals surface area contributed by atoms with Crippen LogP contribution in [0.15, 0.2) is 24.3 Å². The van der Waals surface area contributed by atoms with E-state index >= 15 is 0 Å². The first-order valence-corrected chi connectivity index (χ1v) is 4.12. The zero-order chi connectivity index (χ0) is 10.7. The molecule has 0 aromatic heterocycles. The molecular formula is C9H13N3O2.